The van der Waals surface area contributed by atoms with Crippen LogP contribution in [-0.4, -0.2) is 9.97 Å². The second-order valence-electron chi connectivity index (χ2n) is 4.43. The topological polar surface area (TPSA) is 63.8 Å². The molecule has 21 heavy (non-hydrogen) atoms. The van der Waals surface area contributed by atoms with Crippen molar-refractivity contribution in [2.75, 3.05) is 5.43 Å². The fraction of sp³-hybridized carbons (Fsp3) is 0.231. The lowest BCUT2D eigenvalue weighted by Crippen LogP contribution is -2.16. The van der Waals surface area contributed by atoms with Gasteiger partial charge in [0.05, 0.1) is 0 Å². The number of hydrogen-bond acceptors (Lipinski definition) is 5. The molecule has 3 N–H and O–H groups in total. The Kier molecular flexibility index (Phi) is 4.38. The number of alkyl halides is 3. The first-order chi connectivity index (χ1) is 9.79. The molecule has 0 radical (unpaired) electrons. The summed E-state index contributed by atoms with van der Waals surface area (Å²) < 4.78 is 38.3. The van der Waals surface area contributed by atoms with Crippen LogP contribution < -0.4 is 11.3 Å². The highest BCUT2D eigenvalue weighted by Gasteiger charge is 2.35. The number of nitrogen functional groups attached to an aromatic ring is 1. The maximum atomic E-state index is 12.8. The van der Waals surface area contributed by atoms with Crippen LogP contribution in [0.15, 0.2) is 34.2 Å². The normalized spacial score (nSPS) is 11.5. The van der Waals surface area contributed by atoms with Gasteiger partial charge in [-0.05, 0) is 31.0 Å². The zero-order valence-corrected chi connectivity index (χ0v) is 12.1. The molecule has 1 aromatic heterocycles. The molecule has 0 saturated carbocycles. The Balaban J connectivity index is 2.42. The van der Waals surface area contributed by atoms with E-state index in [-0.39, 0.29) is 10.8 Å². The molecule has 4 nitrogen and oxygen atoms in total. The van der Waals surface area contributed by atoms with Gasteiger partial charge in [-0.1, -0.05) is 23.9 Å². The predicted octanol–water partition coefficient (Wildman–Crippen LogP) is 3.55. The van der Waals surface area contributed by atoms with Crippen molar-refractivity contribution in [1.29, 1.82) is 0 Å². The van der Waals surface area contributed by atoms with Gasteiger partial charge >= 0.3 is 6.18 Å². The van der Waals surface area contributed by atoms with Crippen molar-refractivity contribution < 1.29 is 13.2 Å². The van der Waals surface area contributed by atoms with Crippen molar-refractivity contribution in [3.8, 4) is 0 Å². The fourth-order valence-corrected chi connectivity index (χ4v) is 2.61. The Morgan fingerprint density at radius 1 is 1.14 bits per heavy atom. The second kappa shape index (κ2) is 5.90. The number of rotatable bonds is 3. The highest BCUT2D eigenvalue weighted by Crippen LogP contribution is 2.33. The van der Waals surface area contributed by atoms with Gasteiger partial charge in [0.2, 0.25) is 5.82 Å². The van der Waals surface area contributed by atoms with Crippen LogP contribution in [0.2, 0.25) is 0 Å². The highest BCUT2D eigenvalue weighted by molar-refractivity contribution is 7.99. The van der Waals surface area contributed by atoms with Crippen LogP contribution in [0.25, 0.3) is 0 Å². The molecular formula is C13H13F3N4S. The average Bonchev–Trinajstić information content (AvgIpc) is 2.41. The monoisotopic (exact) mass is 314 g/mol. The number of nitrogens with one attached hydrogen (secondary N) is 1. The number of nitrogens with two attached hydrogens (primary N) is 1. The van der Waals surface area contributed by atoms with Crippen molar-refractivity contribution >= 4 is 17.6 Å². The first-order valence-corrected chi connectivity index (χ1v) is 6.79. The summed E-state index contributed by atoms with van der Waals surface area (Å²) in [6.45, 7) is 3.80. The zero-order valence-electron chi connectivity index (χ0n) is 11.3. The van der Waals surface area contributed by atoms with Crippen molar-refractivity contribution in [3.05, 3.63) is 41.2 Å². The van der Waals surface area contributed by atoms with E-state index in [2.05, 4.69) is 15.4 Å². The summed E-state index contributed by atoms with van der Waals surface area (Å²) >= 11 is 1.14. The minimum Gasteiger partial charge on any atom is -0.308 e. The third-order valence-corrected chi connectivity index (χ3v) is 3.74. The third kappa shape index (κ3) is 3.85. The molecule has 2 aromatic rings. The van der Waals surface area contributed by atoms with E-state index in [1.54, 1.807) is 0 Å². The molecule has 0 amide bonds. The molecule has 0 bridgehead atoms. The van der Waals surface area contributed by atoms with Crippen LogP contribution in [0.3, 0.4) is 0 Å². The van der Waals surface area contributed by atoms with E-state index in [0.717, 1.165) is 27.8 Å². The second-order valence-corrected chi connectivity index (χ2v) is 5.49. The Morgan fingerprint density at radius 3 is 2.48 bits per heavy atom. The number of aryl methyl sites for hydroxylation is 2. The molecule has 1 heterocycles. The lowest BCUT2D eigenvalue weighted by molar-refractivity contribution is -0.145. The molecule has 0 aliphatic heterocycles. The SMILES string of the molecule is Cc1ccc(C)c(Sc2cc(NN)nc(C(F)(F)F)n2)c1. The fourth-order valence-electron chi connectivity index (χ4n) is 1.61. The van der Waals surface area contributed by atoms with E-state index in [1.165, 1.54) is 6.07 Å². The summed E-state index contributed by atoms with van der Waals surface area (Å²) in [5.41, 5.74) is 4.10. The van der Waals surface area contributed by atoms with E-state index in [0.29, 0.717) is 0 Å². The summed E-state index contributed by atoms with van der Waals surface area (Å²) in [4.78, 5) is 7.71. The summed E-state index contributed by atoms with van der Waals surface area (Å²) in [6, 6.07) is 7.12. The van der Waals surface area contributed by atoms with Gasteiger partial charge in [-0.2, -0.15) is 13.2 Å². The lowest BCUT2D eigenvalue weighted by Gasteiger charge is -2.11. The summed E-state index contributed by atoms with van der Waals surface area (Å²) in [6.07, 6.45) is -4.62. The Morgan fingerprint density at radius 2 is 1.86 bits per heavy atom. The molecule has 1 aromatic carbocycles. The molecule has 0 spiro atoms. The van der Waals surface area contributed by atoms with Gasteiger partial charge in [-0.25, -0.2) is 15.8 Å². The van der Waals surface area contributed by atoms with Crippen LogP contribution in [-0.2, 0) is 6.18 Å². The predicted molar refractivity (Wildman–Crippen MR) is 74.9 cm³/mol. The molecule has 8 heteroatoms. The van der Waals surface area contributed by atoms with Crippen LogP contribution in [0.5, 0.6) is 0 Å². The minimum atomic E-state index is -4.62. The Bertz CT molecular complexity index is 658. The van der Waals surface area contributed by atoms with Crippen LogP contribution in [0, 0.1) is 13.8 Å². The van der Waals surface area contributed by atoms with Gasteiger partial charge in [0.1, 0.15) is 10.8 Å². The number of hydrogen-bond donors (Lipinski definition) is 2. The largest absolute Gasteiger partial charge is 0.451 e. The van der Waals surface area contributed by atoms with Gasteiger partial charge < -0.3 is 5.43 Å². The number of anilines is 1. The first-order valence-electron chi connectivity index (χ1n) is 5.97. The number of aromatic nitrogens is 2. The van der Waals surface area contributed by atoms with Crippen molar-refractivity contribution in [2.24, 2.45) is 5.84 Å². The van der Waals surface area contributed by atoms with Gasteiger partial charge in [0, 0.05) is 11.0 Å². The maximum absolute atomic E-state index is 12.8. The molecule has 0 aliphatic carbocycles. The lowest BCUT2D eigenvalue weighted by atomic mass is 10.2. The van der Waals surface area contributed by atoms with E-state index in [1.807, 2.05) is 32.0 Å². The van der Waals surface area contributed by atoms with E-state index in [4.69, 9.17) is 5.84 Å². The standard InChI is InChI=1S/C13H13F3N4S/c1-7-3-4-8(2)9(5-7)21-11-6-10(20-17)18-12(19-11)13(14,15)16/h3-6H,17H2,1-2H3,(H,18,19,20). The maximum Gasteiger partial charge on any atom is 0.451 e. The van der Waals surface area contributed by atoms with E-state index < -0.39 is 12.0 Å². The van der Waals surface area contributed by atoms with Crippen LogP contribution >= 0.6 is 11.8 Å². The Hall–Kier alpha value is -1.80. The van der Waals surface area contributed by atoms with Gasteiger partial charge in [-0.15, -0.1) is 0 Å². The van der Waals surface area contributed by atoms with Crippen molar-refractivity contribution in [2.45, 2.75) is 29.9 Å². The van der Waals surface area contributed by atoms with Crippen LogP contribution in [0.4, 0.5) is 19.0 Å². The third-order valence-electron chi connectivity index (χ3n) is 2.66. The van der Waals surface area contributed by atoms with E-state index in [9.17, 15) is 13.2 Å². The highest BCUT2D eigenvalue weighted by atomic mass is 32.2. The van der Waals surface area contributed by atoms with Crippen molar-refractivity contribution in [1.82, 2.24) is 9.97 Å². The zero-order chi connectivity index (χ0) is 15.6. The summed E-state index contributed by atoms with van der Waals surface area (Å²) in [5, 5.41) is 0.180. The summed E-state index contributed by atoms with van der Waals surface area (Å²) in [7, 11) is 0. The van der Waals surface area contributed by atoms with Crippen LogP contribution in [0.1, 0.15) is 17.0 Å². The first kappa shape index (κ1) is 15.6. The van der Waals surface area contributed by atoms with Gasteiger partial charge in [0.15, 0.2) is 0 Å². The molecule has 112 valence electrons. The van der Waals surface area contributed by atoms with Crippen molar-refractivity contribution in [3.63, 3.8) is 0 Å². The smallest absolute Gasteiger partial charge is 0.308 e. The van der Waals surface area contributed by atoms with Gasteiger partial charge in [-0.3, -0.25) is 0 Å². The van der Waals surface area contributed by atoms with Gasteiger partial charge in [0.25, 0.3) is 0 Å². The molecule has 0 unspecified atom stereocenters. The van der Waals surface area contributed by atoms with E-state index >= 15 is 0 Å². The molecular weight excluding hydrogens is 301 g/mol. The molecule has 0 saturated heterocycles. The average molecular weight is 314 g/mol. The number of hydrazine groups is 1. The molecule has 0 atom stereocenters. The number of benzene rings is 1. The summed E-state index contributed by atoms with van der Waals surface area (Å²) in [5.74, 6) is 3.87. The molecule has 2 rings (SSSR count). The number of nitrogens with zero attached hydrogens (tertiary/aromatic N) is 2. The quantitative estimate of drug-likeness (QED) is 0.515. The Labute approximate surface area is 124 Å². The minimum absolute atomic E-state index is 0.0786. The molecule has 0 fully saturated rings. The molecule has 0 aliphatic rings. The number of halogens is 3.